The second kappa shape index (κ2) is 12.4. The second-order valence-electron chi connectivity index (χ2n) is 7.96. The van der Waals surface area contributed by atoms with Crippen molar-refractivity contribution in [2.24, 2.45) is 5.92 Å². The van der Waals surface area contributed by atoms with Crippen LogP contribution in [0.2, 0.25) is 0 Å². The van der Waals surface area contributed by atoms with Crippen molar-refractivity contribution in [2.75, 3.05) is 33.3 Å². The summed E-state index contributed by atoms with van der Waals surface area (Å²) < 4.78 is 11.8. The molecule has 1 aliphatic carbocycles. The summed E-state index contributed by atoms with van der Waals surface area (Å²) in [6.07, 6.45) is 5.39. The van der Waals surface area contributed by atoms with E-state index < -0.39 is 0 Å². The number of hydrogen-bond donors (Lipinski definition) is 1. The lowest BCUT2D eigenvalue weighted by Gasteiger charge is -2.39. The number of methoxy groups -OCH3 is 1. The Labute approximate surface area is 193 Å². The van der Waals surface area contributed by atoms with Crippen LogP contribution < -0.4 is 14.8 Å². The first-order valence-electron chi connectivity index (χ1n) is 10.6. The number of halogens is 2. The third-order valence-corrected chi connectivity index (χ3v) is 6.16. The fourth-order valence-electron chi connectivity index (χ4n) is 4.74. The van der Waals surface area contributed by atoms with E-state index in [2.05, 4.69) is 40.5 Å². The van der Waals surface area contributed by atoms with Gasteiger partial charge >= 0.3 is 0 Å². The van der Waals surface area contributed by atoms with Gasteiger partial charge < -0.3 is 14.8 Å². The molecule has 1 N–H and O–H groups in total. The molecule has 4 nitrogen and oxygen atoms in total. The van der Waals surface area contributed by atoms with Gasteiger partial charge in [-0.1, -0.05) is 49.2 Å². The van der Waals surface area contributed by atoms with Crippen molar-refractivity contribution < 1.29 is 9.47 Å². The molecule has 0 aromatic heterocycles. The van der Waals surface area contributed by atoms with Gasteiger partial charge in [-0.3, -0.25) is 4.90 Å². The Balaban J connectivity index is 0.00000160. The summed E-state index contributed by atoms with van der Waals surface area (Å²) in [5.41, 5.74) is 2.54. The van der Waals surface area contributed by atoms with E-state index in [9.17, 15) is 0 Å². The molecule has 2 aromatic carbocycles. The Bertz CT molecular complexity index is 748. The van der Waals surface area contributed by atoms with E-state index in [4.69, 9.17) is 9.47 Å². The number of piperazine rings is 1. The molecular formula is C24H34Cl2N2O2. The average molecular weight is 453 g/mol. The summed E-state index contributed by atoms with van der Waals surface area (Å²) in [5, 5.41) is 3.49. The molecule has 0 spiro atoms. The highest BCUT2D eigenvalue weighted by Gasteiger charge is 2.32. The van der Waals surface area contributed by atoms with Crippen LogP contribution in [-0.2, 0) is 6.61 Å². The van der Waals surface area contributed by atoms with Gasteiger partial charge in [-0.15, -0.1) is 24.8 Å². The van der Waals surface area contributed by atoms with Crippen LogP contribution in [0.5, 0.6) is 11.5 Å². The molecular weight excluding hydrogens is 419 g/mol. The minimum Gasteiger partial charge on any atom is -0.493 e. The van der Waals surface area contributed by atoms with E-state index >= 15 is 0 Å². The topological polar surface area (TPSA) is 33.7 Å². The molecule has 30 heavy (non-hydrogen) atoms. The first-order valence-corrected chi connectivity index (χ1v) is 10.6. The molecule has 1 saturated heterocycles. The lowest BCUT2D eigenvalue weighted by atomic mass is 9.89. The van der Waals surface area contributed by atoms with Gasteiger partial charge in [-0.25, -0.2) is 0 Å². The largest absolute Gasteiger partial charge is 0.493 e. The predicted molar refractivity (Wildman–Crippen MR) is 127 cm³/mol. The number of ether oxygens (including phenoxy) is 2. The van der Waals surface area contributed by atoms with Gasteiger partial charge in [0.1, 0.15) is 6.61 Å². The van der Waals surface area contributed by atoms with Crippen LogP contribution in [0, 0.1) is 5.92 Å². The summed E-state index contributed by atoms with van der Waals surface area (Å²) in [7, 11) is 1.72. The molecule has 0 unspecified atom stereocenters. The standard InChI is InChI=1S/C24H32N2O2.2ClH/c1-27-22-12-11-21(17-23(22)28-18-19-7-3-2-4-8-19)24(20-9-5-6-10-20)26-15-13-25-14-16-26;;/h2-4,7-8,11-12,17,20,24-25H,5-6,9-10,13-16,18H2,1H3;2*1H/t24-;;/m0../s1. The van der Waals surface area contributed by atoms with Gasteiger partial charge in [0.05, 0.1) is 7.11 Å². The molecule has 6 heteroatoms. The Morgan fingerprint density at radius 1 is 0.967 bits per heavy atom. The van der Waals surface area contributed by atoms with Crippen molar-refractivity contribution >= 4 is 24.8 Å². The van der Waals surface area contributed by atoms with Crippen LogP contribution in [0.3, 0.4) is 0 Å². The Kier molecular flexibility index (Phi) is 10.3. The second-order valence-corrected chi connectivity index (χ2v) is 7.96. The molecule has 1 heterocycles. The highest BCUT2D eigenvalue weighted by Crippen LogP contribution is 2.42. The van der Waals surface area contributed by atoms with Crippen molar-refractivity contribution in [1.82, 2.24) is 10.2 Å². The van der Waals surface area contributed by atoms with Gasteiger partial charge in [-0.05, 0) is 42.0 Å². The van der Waals surface area contributed by atoms with Crippen LogP contribution >= 0.6 is 24.8 Å². The Morgan fingerprint density at radius 3 is 2.33 bits per heavy atom. The van der Waals surface area contributed by atoms with Crippen molar-refractivity contribution in [3.63, 3.8) is 0 Å². The zero-order valence-corrected chi connectivity index (χ0v) is 19.4. The summed E-state index contributed by atoms with van der Waals surface area (Å²) >= 11 is 0. The Morgan fingerprint density at radius 2 is 1.67 bits per heavy atom. The van der Waals surface area contributed by atoms with E-state index in [0.717, 1.165) is 43.6 Å². The van der Waals surface area contributed by atoms with Crippen LogP contribution in [0.25, 0.3) is 0 Å². The molecule has 166 valence electrons. The Hall–Kier alpha value is -1.46. The van der Waals surface area contributed by atoms with Crippen molar-refractivity contribution in [1.29, 1.82) is 0 Å². The molecule has 4 rings (SSSR count). The fourth-order valence-corrected chi connectivity index (χ4v) is 4.74. The van der Waals surface area contributed by atoms with Crippen LogP contribution in [0.1, 0.15) is 42.9 Å². The first-order chi connectivity index (χ1) is 13.8. The van der Waals surface area contributed by atoms with Crippen molar-refractivity contribution in [3.8, 4) is 11.5 Å². The van der Waals surface area contributed by atoms with E-state index in [1.165, 1.54) is 36.8 Å². The number of nitrogens with one attached hydrogen (secondary N) is 1. The van der Waals surface area contributed by atoms with Gasteiger partial charge in [0.15, 0.2) is 11.5 Å². The molecule has 1 aliphatic heterocycles. The fraction of sp³-hybridized carbons (Fsp3) is 0.500. The third kappa shape index (κ3) is 6.04. The molecule has 2 aromatic rings. The van der Waals surface area contributed by atoms with E-state index in [-0.39, 0.29) is 24.8 Å². The van der Waals surface area contributed by atoms with Crippen molar-refractivity contribution in [3.05, 3.63) is 59.7 Å². The summed E-state index contributed by atoms with van der Waals surface area (Å²) in [4.78, 5) is 2.68. The maximum Gasteiger partial charge on any atom is 0.161 e. The quantitative estimate of drug-likeness (QED) is 0.621. The van der Waals surface area contributed by atoms with Crippen LogP contribution in [0.15, 0.2) is 48.5 Å². The van der Waals surface area contributed by atoms with E-state index in [0.29, 0.717) is 12.6 Å². The average Bonchev–Trinajstić information content (AvgIpc) is 3.28. The molecule has 0 radical (unpaired) electrons. The molecule has 1 atom stereocenters. The summed E-state index contributed by atoms with van der Waals surface area (Å²) in [5.74, 6) is 2.40. The minimum absolute atomic E-state index is 0. The van der Waals surface area contributed by atoms with E-state index in [1.54, 1.807) is 7.11 Å². The zero-order chi connectivity index (χ0) is 19.2. The lowest BCUT2D eigenvalue weighted by Crippen LogP contribution is -2.46. The van der Waals surface area contributed by atoms with Gasteiger partial charge in [-0.2, -0.15) is 0 Å². The highest BCUT2D eigenvalue weighted by molar-refractivity contribution is 5.85. The highest BCUT2D eigenvalue weighted by atomic mass is 35.5. The maximum absolute atomic E-state index is 6.20. The zero-order valence-electron chi connectivity index (χ0n) is 17.7. The molecule has 0 amide bonds. The molecule has 1 saturated carbocycles. The molecule has 2 fully saturated rings. The van der Waals surface area contributed by atoms with Gasteiger partial charge in [0, 0.05) is 32.2 Å². The number of hydrogen-bond acceptors (Lipinski definition) is 4. The third-order valence-electron chi connectivity index (χ3n) is 6.16. The first kappa shape index (κ1) is 24.8. The predicted octanol–water partition coefficient (Wildman–Crippen LogP) is 5.25. The monoisotopic (exact) mass is 452 g/mol. The van der Waals surface area contributed by atoms with Crippen molar-refractivity contribution in [2.45, 2.75) is 38.3 Å². The number of benzene rings is 2. The number of rotatable bonds is 7. The van der Waals surface area contributed by atoms with Crippen LogP contribution in [-0.4, -0.2) is 38.2 Å². The number of nitrogens with zero attached hydrogens (tertiary/aromatic N) is 1. The molecule has 2 aliphatic rings. The van der Waals surface area contributed by atoms with E-state index in [1.807, 2.05) is 18.2 Å². The van der Waals surface area contributed by atoms with Crippen LogP contribution in [0.4, 0.5) is 0 Å². The summed E-state index contributed by atoms with van der Waals surface area (Å²) in [6.45, 7) is 4.96. The SMILES string of the molecule is COc1ccc([C@H](C2CCCC2)N2CCNCC2)cc1OCc1ccccc1.Cl.Cl. The normalized spacial score (nSPS) is 18.2. The smallest absolute Gasteiger partial charge is 0.161 e. The summed E-state index contributed by atoms with van der Waals surface area (Å²) in [6, 6.07) is 17.4. The lowest BCUT2D eigenvalue weighted by molar-refractivity contribution is 0.125. The minimum atomic E-state index is 0. The van der Waals surface area contributed by atoms with Gasteiger partial charge in [0.2, 0.25) is 0 Å². The maximum atomic E-state index is 6.20. The molecule has 0 bridgehead atoms. The van der Waals surface area contributed by atoms with Gasteiger partial charge in [0.25, 0.3) is 0 Å².